The number of carbonyl (C=O) groups is 2. The number of anilines is 1. The second-order valence-electron chi connectivity index (χ2n) is 9.06. The molecule has 178 valence electrons. The SMILES string of the molecule is CC(C)[C@H](NC(=O)Cn1c(-c2ccc(F)cc2)ncc(N)c1=O)C(=O)c1nnc(C2(C)CC2)o1. The molecule has 10 nitrogen and oxygen atoms in total. The summed E-state index contributed by atoms with van der Waals surface area (Å²) < 4.78 is 20.0. The van der Waals surface area contributed by atoms with Crippen molar-refractivity contribution in [3.05, 3.63) is 58.4 Å². The highest BCUT2D eigenvalue weighted by atomic mass is 19.1. The molecule has 4 rings (SSSR count). The van der Waals surface area contributed by atoms with E-state index in [0.29, 0.717) is 11.5 Å². The lowest BCUT2D eigenvalue weighted by molar-refractivity contribution is -0.122. The van der Waals surface area contributed by atoms with Gasteiger partial charge in [0.25, 0.3) is 11.4 Å². The Balaban J connectivity index is 1.56. The zero-order chi connectivity index (χ0) is 24.6. The Morgan fingerprint density at radius 1 is 1.24 bits per heavy atom. The lowest BCUT2D eigenvalue weighted by Crippen LogP contribution is -2.46. The third-order valence-corrected chi connectivity index (χ3v) is 5.90. The van der Waals surface area contributed by atoms with Crippen molar-refractivity contribution in [3.8, 4) is 11.4 Å². The molecule has 1 amide bonds. The third kappa shape index (κ3) is 4.59. The first kappa shape index (κ1) is 23.3. The molecule has 1 atom stereocenters. The predicted molar refractivity (Wildman–Crippen MR) is 120 cm³/mol. The molecule has 1 aliphatic rings. The van der Waals surface area contributed by atoms with Crippen LogP contribution in [0.4, 0.5) is 10.1 Å². The van der Waals surface area contributed by atoms with Crippen molar-refractivity contribution in [1.29, 1.82) is 0 Å². The summed E-state index contributed by atoms with van der Waals surface area (Å²) in [5.74, 6) is -1.49. The smallest absolute Gasteiger partial charge is 0.286 e. The Kier molecular flexibility index (Phi) is 6.03. The second kappa shape index (κ2) is 8.81. The molecule has 1 aliphatic carbocycles. The largest absolute Gasteiger partial charge is 0.418 e. The fraction of sp³-hybridized carbons (Fsp3) is 0.391. The first-order chi connectivity index (χ1) is 16.1. The van der Waals surface area contributed by atoms with Crippen molar-refractivity contribution in [2.24, 2.45) is 5.92 Å². The van der Waals surface area contributed by atoms with Gasteiger partial charge < -0.3 is 15.5 Å². The molecule has 1 fully saturated rings. The highest BCUT2D eigenvalue weighted by Gasteiger charge is 2.45. The van der Waals surface area contributed by atoms with E-state index in [1.807, 2.05) is 6.92 Å². The normalized spacial score (nSPS) is 15.2. The third-order valence-electron chi connectivity index (χ3n) is 5.90. The minimum atomic E-state index is -0.952. The van der Waals surface area contributed by atoms with Crippen LogP contribution in [0.5, 0.6) is 0 Å². The summed E-state index contributed by atoms with van der Waals surface area (Å²) in [4.78, 5) is 42.8. The van der Waals surface area contributed by atoms with Gasteiger partial charge in [0, 0.05) is 11.0 Å². The predicted octanol–water partition coefficient (Wildman–Crippen LogP) is 2.09. The van der Waals surface area contributed by atoms with Gasteiger partial charge in [-0.2, -0.15) is 0 Å². The molecule has 0 aliphatic heterocycles. The topological polar surface area (TPSA) is 146 Å². The fourth-order valence-corrected chi connectivity index (χ4v) is 3.48. The highest BCUT2D eigenvalue weighted by molar-refractivity contribution is 5.98. The Morgan fingerprint density at radius 2 is 1.91 bits per heavy atom. The number of aromatic nitrogens is 4. The van der Waals surface area contributed by atoms with Gasteiger partial charge in [-0.3, -0.25) is 19.0 Å². The van der Waals surface area contributed by atoms with Gasteiger partial charge in [-0.1, -0.05) is 20.8 Å². The summed E-state index contributed by atoms with van der Waals surface area (Å²) in [6, 6.07) is 4.37. The van der Waals surface area contributed by atoms with Gasteiger partial charge in [0.1, 0.15) is 23.9 Å². The number of halogens is 1. The number of Topliss-reactive ketones (excluding diaryl/α,β-unsaturated/α-hetero) is 1. The number of carbonyl (C=O) groups excluding carboxylic acids is 2. The number of benzene rings is 1. The number of rotatable bonds is 8. The lowest BCUT2D eigenvalue weighted by atomic mass is 9.99. The number of hydrogen-bond donors (Lipinski definition) is 2. The van der Waals surface area contributed by atoms with Crippen molar-refractivity contribution in [3.63, 3.8) is 0 Å². The number of amides is 1. The summed E-state index contributed by atoms with van der Waals surface area (Å²) in [6.45, 7) is 5.06. The number of nitrogen functional groups attached to an aromatic ring is 1. The molecule has 1 aromatic carbocycles. The van der Waals surface area contributed by atoms with Gasteiger partial charge >= 0.3 is 0 Å². The number of nitrogens with zero attached hydrogens (tertiary/aromatic N) is 4. The Hall–Kier alpha value is -3.89. The van der Waals surface area contributed by atoms with Crippen molar-refractivity contribution in [2.45, 2.75) is 51.6 Å². The molecule has 0 spiro atoms. The molecular formula is C23H25FN6O4. The molecule has 3 N–H and O–H groups in total. The molecule has 0 bridgehead atoms. The number of hydrogen-bond acceptors (Lipinski definition) is 8. The molecule has 11 heteroatoms. The summed E-state index contributed by atoms with van der Waals surface area (Å²) in [7, 11) is 0. The standard InChI is InChI=1S/C23H25FN6O4/c1-12(2)17(18(32)20-28-29-22(34-20)23(3)8-9-23)27-16(31)11-30-19(26-10-15(25)21(30)33)13-4-6-14(24)7-5-13/h4-7,10,12,17H,8-9,11,25H2,1-3H3,(H,27,31)/t17-/m0/s1. The van der Waals surface area contributed by atoms with E-state index in [0.717, 1.165) is 17.4 Å². The van der Waals surface area contributed by atoms with Crippen LogP contribution in [0.25, 0.3) is 11.4 Å². The van der Waals surface area contributed by atoms with E-state index >= 15 is 0 Å². The average molecular weight is 468 g/mol. The van der Waals surface area contributed by atoms with Gasteiger partial charge in [-0.25, -0.2) is 9.37 Å². The van der Waals surface area contributed by atoms with Crippen molar-refractivity contribution in [1.82, 2.24) is 25.1 Å². The van der Waals surface area contributed by atoms with E-state index in [1.165, 1.54) is 30.5 Å². The Labute approximate surface area is 194 Å². The molecule has 0 unspecified atom stereocenters. The van der Waals surface area contributed by atoms with E-state index in [1.54, 1.807) is 13.8 Å². The lowest BCUT2D eigenvalue weighted by Gasteiger charge is -2.20. The van der Waals surface area contributed by atoms with Crippen molar-refractivity contribution in [2.75, 3.05) is 5.73 Å². The Bertz CT molecular complexity index is 1290. The summed E-state index contributed by atoms with van der Waals surface area (Å²) >= 11 is 0. The molecule has 0 saturated heterocycles. The van der Waals surface area contributed by atoms with Crippen LogP contribution in [0.1, 0.15) is 50.2 Å². The molecular weight excluding hydrogens is 443 g/mol. The summed E-state index contributed by atoms with van der Waals surface area (Å²) in [5.41, 5.74) is 5.17. The molecule has 2 aromatic heterocycles. The average Bonchev–Trinajstić information content (AvgIpc) is 3.34. The summed E-state index contributed by atoms with van der Waals surface area (Å²) in [5, 5.41) is 10.5. The van der Waals surface area contributed by atoms with E-state index < -0.39 is 35.7 Å². The number of ketones is 1. The monoisotopic (exact) mass is 468 g/mol. The van der Waals surface area contributed by atoms with Crippen LogP contribution in [-0.4, -0.2) is 37.5 Å². The quantitative estimate of drug-likeness (QED) is 0.478. The van der Waals surface area contributed by atoms with E-state index in [9.17, 15) is 18.8 Å². The molecule has 2 heterocycles. The molecule has 34 heavy (non-hydrogen) atoms. The Morgan fingerprint density at radius 3 is 2.53 bits per heavy atom. The minimum absolute atomic E-state index is 0.140. The van der Waals surface area contributed by atoms with Crippen LogP contribution < -0.4 is 16.6 Å². The second-order valence-corrected chi connectivity index (χ2v) is 9.06. The van der Waals surface area contributed by atoms with Crippen LogP contribution in [0.15, 0.2) is 39.7 Å². The van der Waals surface area contributed by atoms with Gasteiger partial charge in [0.2, 0.25) is 17.6 Å². The maximum absolute atomic E-state index is 13.3. The van der Waals surface area contributed by atoms with Gasteiger partial charge in [0.15, 0.2) is 0 Å². The maximum Gasteiger partial charge on any atom is 0.286 e. The van der Waals surface area contributed by atoms with Gasteiger partial charge in [0.05, 0.1) is 12.2 Å². The minimum Gasteiger partial charge on any atom is -0.418 e. The van der Waals surface area contributed by atoms with Gasteiger partial charge in [-0.05, 0) is 43.0 Å². The number of nitrogens with two attached hydrogens (primary N) is 1. The van der Waals surface area contributed by atoms with Crippen LogP contribution >= 0.6 is 0 Å². The maximum atomic E-state index is 13.3. The van der Waals surface area contributed by atoms with Crippen LogP contribution in [0.3, 0.4) is 0 Å². The first-order valence-corrected chi connectivity index (χ1v) is 10.9. The van der Waals surface area contributed by atoms with Crippen LogP contribution in [0, 0.1) is 11.7 Å². The first-order valence-electron chi connectivity index (χ1n) is 10.9. The molecule has 1 saturated carbocycles. The van der Waals surface area contributed by atoms with E-state index in [2.05, 4.69) is 20.5 Å². The van der Waals surface area contributed by atoms with Crippen molar-refractivity contribution < 1.29 is 18.4 Å². The zero-order valence-electron chi connectivity index (χ0n) is 19.0. The highest BCUT2D eigenvalue weighted by Crippen LogP contribution is 2.46. The van der Waals surface area contributed by atoms with Crippen LogP contribution in [0.2, 0.25) is 0 Å². The van der Waals surface area contributed by atoms with Gasteiger partial charge in [-0.15, -0.1) is 10.2 Å². The van der Waals surface area contributed by atoms with Crippen LogP contribution in [-0.2, 0) is 16.8 Å². The van der Waals surface area contributed by atoms with Crippen molar-refractivity contribution >= 4 is 17.4 Å². The number of nitrogens with one attached hydrogen (secondary N) is 1. The fourth-order valence-electron chi connectivity index (χ4n) is 3.48. The molecule has 0 radical (unpaired) electrons. The summed E-state index contributed by atoms with van der Waals surface area (Å²) in [6.07, 6.45) is 3.00. The molecule has 3 aromatic rings. The van der Waals surface area contributed by atoms with E-state index in [-0.39, 0.29) is 28.7 Å². The van der Waals surface area contributed by atoms with E-state index in [4.69, 9.17) is 10.2 Å². The zero-order valence-corrected chi connectivity index (χ0v) is 19.0.